The third-order valence-corrected chi connectivity index (χ3v) is 3.66. The molecule has 0 saturated carbocycles. The molecule has 1 fully saturated rings. The average molecular weight is 280 g/mol. The van der Waals surface area contributed by atoms with E-state index in [0.717, 1.165) is 24.0 Å². The number of rotatable bonds is 3. The topological polar surface area (TPSA) is 76.3 Å². The first-order valence-electron chi connectivity index (χ1n) is 6.65. The molecule has 0 radical (unpaired) electrons. The summed E-state index contributed by atoms with van der Waals surface area (Å²) in [7, 11) is 4.70. The second kappa shape index (κ2) is 5.62. The van der Waals surface area contributed by atoms with Crippen LogP contribution in [0.4, 0.5) is 0 Å². The number of aromatic nitrogens is 2. The van der Waals surface area contributed by atoms with Crippen LogP contribution < -0.4 is 16.6 Å². The molecule has 1 aromatic heterocycles. The van der Waals surface area contributed by atoms with Crippen LogP contribution in [-0.2, 0) is 25.4 Å². The van der Waals surface area contributed by atoms with Crippen molar-refractivity contribution in [3.05, 3.63) is 32.6 Å². The van der Waals surface area contributed by atoms with Crippen molar-refractivity contribution < 1.29 is 4.79 Å². The van der Waals surface area contributed by atoms with Crippen LogP contribution in [0.25, 0.3) is 0 Å². The Hall–Kier alpha value is -1.89. The summed E-state index contributed by atoms with van der Waals surface area (Å²) >= 11 is 0. The van der Waals surface area contributed by atoms with Crippen molar-refractivity contribution in [2.45, 2.75) is 25.4 Å². The minimum absolute atomic E-state index is 0.0154. The molecule has 1 N–H and O–H groups in total. The highest BCUT2D eigenvalue weighted by atomic mass is 16.2. The van der Waals surface area contributed by atoms with Crippen LogP contribution in [0.1, 0.15) is 18.4 Å². The second-order valence-corrected chi connectivity index (χ2v) is 5.26. The Morgan fingerprint density at radius 3 is 2.75 bits per heavy atom. The molecule has 7 nitrogen and oxygen atoms in total. The van der Waals surface area contributed by atoms with Gasteiger partial charge in [0, 0.05) is 27.3 Å². The zero-order valence-corrected chi connectivity index (χ0v) is 12.0. The Kier molecular flexibility index (Phi) is 4.08. The van der Waals surface area contributed by atoms with Gasteiger partial charge in [0.25, 0.3) is 5.56 Å². The fourth-order valence-corrected chi connectivity index (χ4v) is 2.49. The average Bonchev–Trinajstić information content (AvgIpc) is 2.95. The van der Waals surface area contributed by atoms with E-state index in [2.05, 4.69) is 5.32 Å². The van der Waals surface area contributed by atoms with Crippen LogP contribution in [-0.4, -0.2) is 39.6 Å². The smallest absolute Gasteiger partial charge is 0.330 e. The Morgan fingerprint density at radius 1 is 1.45 bits per heavy atom. The largest absolute Gasteiger partial charge is 0.340 e. The summed E-state index contributed by atoms with van der Waals surface area (Å²) < 4.78 is 2.41. The lowest BCUT2D eigenvalue weighted by Crippen LogP contribution is -2.44. The lowest BCUT2D eigenvalue weighted by Gasteiger charge is -2.21. The Bertz CT molecular complexity index is 625. The normalized spacial score (nSPS) is 18.2. The summed E-state index contributed by atoms with van der Waals surface area (Å²) in [6.07, 6.45) is 3.32. The molecular formula is C13H20N4O3. The number of carbonyl (C=O) groups is 1. The van der Waals surface area contributed by atoms with E-state index in [1.54, 1.807) is 14.1 Å². The fraction of sp³-hybridized carbons (Fsp3) is 0.615. The maximum atomic E-state index is 12.2. The predicted molar refractivity (Wildman–Crippen MR) is 74.4 cm³/mol. The second-order valence-electron chi connectivity index (χ2n) is 5.26. The van der Waals surface area contributed by atoms with E-state index in [1.165, 1.54) is 22.7 Å². The van der Waals surface area contributed by atoms with Gasteiger partial charge in [0.1, 0.15) is 0 Å². The third kappa shape index (κ3) is 2.67. The molecule has 1 aliphatic heterocycles. The first-order chi connectivity index (χ1) is 9.41. The van der Waals surface area contributed by atoms with Crippen molar-refractivity contribution in [2.24, 2.45) is 14.1 Å². The summed E-state index contributed by atoms with van der Waals surface area (Å²) in [5.41, 5.74) is -0.291. The number of nitrogens with zero attached hydrogens (tertiary/aromatic N) is 3. The zero-order chi connectivity index (χ0) is 14.9. The number of amides is 1. The van der Waals surface area contributed by atoms with Crippen molar-refractivity contribution in [3.8, 4) is 0 Å². The highest BCUT2D eigenvalue weighted by molar-refractivity contribution is 5.81. The molecule has 0 spiro atoms. The van der Waals surface area contributed by atoms with Gasteiger partial charge < -0.3 is 14.8 Å². The van der Waals surface area contributed by atoms with Gasteiger partial charge in [0.2, 0.25) is 5.91 Å². The molecular weight excluding hydrogens is 260 g/mol. The molecule has 1 atom stereocenters. The number of nitrogens with one attached hydrogen (secondary N) is 1. The first kappa shape index (κ1) is 14.5. The van der Waals surface area contributed by atoms with Crippen LogP contribution in [0.2, 0.25) is 0 Å². The number of hydrogen-bond donors (Lipinski definition) is 1. The van der Waals surface area contributed by atoms with Crippen molar-refractivity contribution in [2.75, 3.05) is 13.6 Å². The van der Waals surface area contributed by atoms with Crippen LogP contribution >= 0.6 is 0 Å². The first-order valence-corrected chi connectivity index (χ1v) is 6.65. The van der Waals surface area contributed by atoms with E-state index in [1.807, 2.05) is 0 Å². The number of aryl methyl sites for hydroxylation is 1. The van der Waals surface area contributed by atoms with Gasteiger partial charge in [-0.3, -0.25) is 14.2 Å². The Morgan fingerprint density at radius 2 is 2.15 bits per heavy atom. The Balaban J connectivity index is 2.19. The minimum Gasteiger partial charge on any atom is -0.340 e. The SMILES string of the molecule is CN(Cc1cn(C)c(=O)n(C)c1=O)C(=O)C1CCCN1. The molecule has 0 aliphatic carbocycles. The minimum atomic E-state index is -0.370. The molecule has 2 rings (SSSR count). The van der Waals surface area contributed by atoms with Crippen LogP contribution in [0, 0.1) is 0 Å². The molecule has 1 unspecified atom stereocenters. The highest BCUT2D eigenvalue weighted by Crippen LogP contribution is 2.09. The van der Waals surface area contributed by atoms with E-state index in [4.69, 9.17) is 0 Å². The zero-order valence-electron chi connectivity index (χ0n) is 12.0. The van der Waals surface area contributed by atoms with Gasteiger partial charge in [-0.2, -0.15) is 0 Å². The van der Waals surface area contributed by atoms with Crippen molar-refractivity contribution in [3.63, 3.8) is 0 Å². The molecule has 7 heteroatoms. The molecule has 1 amide bonds. The molecule has 0 aromatic carbocycles. The summed E-state index contributed by atoms with van der Waals surface area (Å²) in [6, 6.07) is -0.156. The lowest BCUT2D eigenvalue weighted by molar-refractivity contribution is -0.132. The quantitative estimate of drug-likeness (QED) is 0.754. The van der Waals surface area contributed by atoms with Crippen LogP contribution in [0.5, 0.6) is 0 Å². The highest BCUT2D eigenvalue weighted by Gasteiger charge is 2.25. The van der Waals surface area contributed by atoms with Crippen molar-refractivity contribution in [1.29, 1.82) is 0 Å². The van der Waals surface area contributed by atoms with E-state index in [0.29, 0.717) is 5.56 Å². The van der Waals surface area contributed by atoms with Crippen LogP contribution in [0.3, 0.4) is 0 Å². The van der Waals surface area contributed by atoms with E-state index >= 15 is 0 Å². The van der Waals surface area contributed by atoms with Gasteiger partial charge in [-0.25, -0.2) is 4.79 Å². The summed E-state index contributed by atoms with van der Waals surface area (Å²) in [5.74, 6) is -0.0154. The third-order valence-electron chi connectivity index (χ3n) is 3.66. The van der Waals surface area contributed by atoms with E-state index in [-0.39, 0.29) is 29.7 Å². The molecule has 1 saturated heterocycles. The molecule has 0 bridgehead atoms. The maximum absolute atomic E-state index is 12.2. The van der Waals surface area contributed by atoms with Gasteiger partial charge in [-0.05, 0) is 19.4 Å². The number of hydrogen-bond acceptors (Lipinski definition) is 4. The monoisotopic (exact) mass is 280 g/mol. The summed E-state index contributed by atoms with van der Waals surface area (Å²) in [4.78, 5) is 37.3. The number of carbonyl (C=O) groups excluding carboxylic acids is 1. The summed E-state index contributed by atoms with van der Waals surface area (Å²) in [6.45, 7) is 1.06. The van der Waals surface area contributed by atoms with E-state index < -0.39 is 0 Å². The molecule has 1 aliphatic rings. The van der Waals surface area contributed by atoms with Crippen molar-refractivity contribution >= 4 is 5.91 Å². The molecule has 110 valence electrons. The Labute approximate surface area is 116 Å². The van der Waals surface area contributed by atoms with Gasteiger partial charge in [-0.1, -0.05) is 0 Å². The van der Waals surface area contributed by atoms with Gasteiger partial charge in [-0.15, -0.1) is 0 Å². The van der Waals surface area contributed by atoms with Crippen molar-refractivity contribution in [1.82, 2.24) is 19.4 Å². The van der Waals surface area contributed by atoms with E-state index in [9.17, 15) is 14.4 Å². The predicted octanol–water partition coefficient (Wildman–Crippen LogP) is -1.21. The number of likely N-dealkylation sites (N-methyl/N-ethyl adjacent to an activating group) is 1. The molecule has 20 heavy (non-hydrogen) atoms. The lowest BCUT2D eigenvalue weighted by atomic mass is 10.2. The molecule has 1 aromatic rings. The standard InChI is InChI=1S/C13H20N4O3/c1-15(12(19)10-5-4-6-14-10)7-9-8-16(2)13(20)17(3)11(9)18/h8,10,14H,4-7H2,1-3H3. The molecule has 2 heterocycles. The van der Waals surface area contributed by atoms with Gasteiger partial charge in [0.15, 0.2) is 0 Å². The van der Waals surface area contributed by atoms with Gasteiger partial charge in [0.05, 0.1) is 18.2 Å². The van der Waals surface area contributed by atoms with Gasteiger partial charge >= 0.3 is 5.69 Å². The summed E-state index contributed by atoms with van der Waals surface area (Å²) in [5, 5.41) is 3.14. The fourth-order valence-electron chi connectivity index (χ4n) is 2.49. The maximum Gasteiger partial charge on any atom is 0.330 e. The van der Waals surface area contributed by atoms with Crippen LogP contribution in [0.15, 0.2) is 15.8 Å².